The minimum Gasteiger partial charge on any atom is -0.198 e. The van der Waals surface area contributed by atoms with E-state index in [1.165, 1.54) is 0 Å². The number of nitriles is 1. The van der Waals surface area contributed by atoms with Gasteiger partial charge in [-0.2, -0.15) is 17.0 Å². The molecule has 0 N–H and O–H groups in total. The van der Waals surface area contributed by atoms with Gasteiger partial charge in [-0.25, -0.2) is 0 Å². The molecule has 76 valence electrons. The maximum Gasteiger partial charge on any atom is 0.127 e. The van der Waals surface area contributed by atoms with Crippen molar-refractivity contribution in [2.75, 3.05) is 5.75 Å². The summed E-state index contributed by atoms with van der Waals surface area (Å²) in [5.41, 5.74) is 0. The molecule has 0 atom stereocenters. The molecule has 0 aliphatic rings. The standard InChI is InChI=1S/C9H13N3S2/c1-2-8-11-12-9(14-8)7-13-6-4-3-5-10/h2-4,6-7H2,1H3. The van der Waals surface area contributed by atoms with Gasteiger partial charge in [-0.3, -0.25) is 0 Å². The van der Waals surface area contributed by atoms with Crippen molar-refractivity contribution >= 4 is 23.1 Å². The van der Waals surface area contributed by atoms with Gasteiger partial charge < -0.3 is 0 Å². The summed E-state index contributed by atoms with van der Waals surface area (Å²) < 4.78 is 0. The quantitative estimate of drug-likeness (QED) is 0.701. The molecule has 1 heterocycles. The van der Waals surface area contributed by atoms with Crippen molar-refractivity contribution in [2.24, 2.45) is 0 Å². The number of nitrogens with zero attached hydrogens (tertiary/aromatic N) is 3. The van der Waals surface area contributed by atoms with Crippen LogP contribution in [-0.4, -0.2) is 16.0 Å². The fourth-order valence-corrected chi connectivity index (χ4v) is 2.69. The number of hydrogen-bond acceptors (Lipinski definition) is 5. The smallest absolute Gasteiger partial charge is 0.127 e. The predicted octanol–water partition coefficient (Wildman–Crippen LogP) is 2.64. The van der Waals surface area contributed by atoms with Crippen LogP contribution >= 0.6 is 23.1 Å². The van der Waals surface area contributed by atoms with Crippen LogP contribution in [0.5, 0.6) is 0 Å². The normalized spacial score (nSPS) is 10.0. The van der Waals surface area contributed by atoms with E-state index < -0.39 is 0 Å². The molecule has 0 fully saturated rings. The zero-order chi connectivity index (χ0) is 10.2. The van der Waals surface area contributed by atoms with Crippen LogP contribution in [0.25, 0.3) is 0 Å². The lowest BCUT2D eigenvalue weighted by atomic mass is 10.4. The Bertz CT molecular complexity index is 303. The summed E-state index contributed by atoms with van der Waals surface area (Å²) in [5, 5.41) is 18.7. The molecule has 3 nitrogen and oxygen atoms in total. The number of thioether (sulfide) groups is 1. The van der Waals surface area contributed by atoms with Crippen LogP contribution < -0.4 is 0 Å². The first-order valence-corrected chi connectivity index (χ1v) is 6.60. The largest absolute Gasteiger partial charge is 0.198 e. The summed E-state index contributed by atoms with van der Waals surface area (Å²) in [6.07, 6.45) is 2.60. The van der Waals surface area contributed by atoms with Crippen molar-refractivity contribution < 1.29 is 0 Å². The summed E-state index contributed by atoms with van der Waals surface area (Å²) in [6, 6.07) is 2.14. The maximum atomic E-state index is 8.34. The second-order valence-corrected chi connectivity index (χ2v) is 5.01. The van der Waals surface area contributed by atoms with Gasteiger partial charge in [0.05, 0.1) is 6.07 Å². The molecule has 1 aromatic rings. The Morgan fingerprint density at radius 3 is 2.86 bits per heavy atom. The number of aromatic nitrogens is 2. The van der Waals surface area contributed by atoms with E-state index in [9.17, 15) is 0 Å². The van der Waals surface area contributed by atoms with Crippen LogP contribution in [0.15, 0.2) is 0 Å². The average molecular weight is 227 g/mol. The highest BCUT2D eigenvalue weighted by molar-refractivity contribution is 7.98. The number of hydrogen-bond donors (Lipinski definition) is 0. The lowest BCUT2D eigenvalue weighted by molar-refractivity contribution is 0.958. The fraction of sp³-hybridized carbons (Fsp3) is 0.667. The Labute approximate surface area is 92.5 Å². The summed E-state index contributed by atoms with van der Waals surface area (Å²) in [7, 11) is 0. The van der Waals surface area contributed by atoms with Gasteiger partial charge in [0.2, 0.25) is 0 Å². The summed E-state index contributed by atoms with van der Waals surface area (Å²) >= 11 is 3.52. The molecule has 0 spiro atoms. The van der Waals surface area contributed by atoms with E-state index in [-0.39, 0.29) is 0 Å². The van der Waals surface area contributed by atoms with E-state index in [4.69, 9.17) is 5.26 Å². The molecule has 0 aromatic carbocycles. The molecule has 0 unspecified atom stereocenters. The second-order valence-electron chi connectivity index (χ2n) is 2.76. The highest BCUT2D eigenvalue weighted by Gasteiger charge is 2.01. The van der Waals surface area contributed by atoms with Crippen molar-refractivity contribution in [2.45, 2.75) is 31.9 Å². The summed E-state index contributed by atoms with van der Waals surface area (Å²) in [6.45, 7) is 2.09. The third kappa shape index (κ3) is 4.07. The Balaban J connectivity index is 2.15. The predicted molar refractivity (Wildman–Crippen MR) is 60.3 cm³/mol. The van der Waals surface area contributed by atoms with E-state index in [1.54, 1.807) is 11.3 Å². The van der Waals surface area contributed by atoms with Crippen LogP contribution in [0.3, 0.4) is 0 Å². The molecule has 0 amide bonds. The molecule has 1 aromatic heterocycles. The molecule has 5 heteroatoms. The van der Waals surface area contributed by atoms with Gasteiger partial charge in [0.25, 0.3) is 0 Å². The van der Waals surface area contributed by atoms with Crippen molar-refractivity contribution in [1.29, 1.82) is 5.26 Å². The number of aryl methyl sites for hydroxylation is 1. The first-order valence-electron chi connectivity index (χ1n) is 4.62. The zero-order valence-electron chi connectivity index (χ0n) is 8.19. The molecule has 0 bridgehead atoms. The van der Waals surface area contributed by atoms with Crippen LogP contribution in [0.1, 0.15) is 29.8 Å². The van der Waals surface area contributed by atoms with Crippen molar-refractivity contribution in [1.82, 2.24) is 10.2 Å². The molecule has 0 radical (unpaired) electrons. The van der Waals surface area contributed by atoms with E-state index >= 15 is 0 Å². The van der Waals surface area contributed by atoms with Crippen molar-refractivity contribution in [3.63, 3.8) is 0 Å². The van der Waals surface area contributed by atoms with Crippen LogP contribution in [0, 0.1) is 11.3 Å². The van der Waals surface area contributed by atoms with Crippen LogP contribution in [0.2, 0.25) is 0 Å². The van der Waals surface area contributed by atoms with Gasteiger partial charge in [0.1, 0.15) is 10.0 Å². The molecule has 0 saturated carbocycles. The second kappa shape index (κ2) is 6.80. The van der Waals surface area contributed by atoms with Crippen molar-refractivity contribution in [3.8, 4) is 6.07 Å². The minimum atomic E-state index is 0.656. The highest BCUT2D eigenvalue weighted by Crippen LogP contribution is 2.17. The Hall–Kier alpha value is -0.600. The van der Waals surface area contributed by atoms with Gasteiger partial charge in [0, 0.05) is 12.2 Å². The topological polar surface area (TPSA) is 49.6 Å². The molecule has 0 saturated heterocycles. The Morgan fingerprint density at radius 2 is 2.21 bits per heavy atom. The SMILES string of the molecule is CCc1nnc(CSCCCC#N)s1. The minimum absolute atomic E-state index is 0.656. The average Bonchev–Trinajstić information content (AvgIpc) is 2.65. The first kappa shape index (κ1) is 11.5. The Kier molecular flexibility index (Phi) is 5.57. The molecular formula is C9H13N3S2. The van der Waals surface area contributed by atoms with E-state index in [0.29, 0.717) is 6.42 Å². The third-order valence-electron chi connectivity index (χ3n) is 1.61. The molecular weight excluding hydrogens is 214 g/mol. The highest BCUT2D eigenvalue weighted by atomic mass is 32.2. The molecule has 14 heavy (non-hydrogen) atoms. The van der Waals surface area contributed by atoms with E-state index in [0.717, 1.165) is 34.4 Å². The zero-order valence-corrected chi connectivity index (χ0v) is 9.83. The van der Waals surface area contributed by atoms with Gasteiger partial charge in [-0.15, -0.1) is 21.5 Å². The fourth-order valence-electron chi connectivity index (χ4n) is 0.902. The molecule has 0 aliphatic heterocycles. The number of rotatable bonds is 6. The first-order chi connectivity index (χ1) is 6.86. The Morgan fingerprint density at radius 1 is 1.43 bits per heavy atom. The lowest BCUT2D eigenvalue weighted by Gasteiger charge is -1.94. The summed E-state index contributed by atoms with van der Waals surface area (Å²) in [5.74, 6) is 1.97. The van der Waals surface area contributed by atoms with E-state index in [2.05, 4.69) is 23.2 Å². The van der Waals surface area contributed by atoms with Crippen molar-refractivity contribution in [3.05, 3.63) is 10.0 Å². The summed E-state index contributed by atoms with van der Waals surface area (Å²) in [4.78, 5) is 0. The molecule has 0 aliphatic carbocycles. The monoisotopic (exact) mass is 227 g/mol. The number of unbranched alkanes of at least 4 members (excludes halogenated alkanes) is 1. The van der Waals surface area contributed by atoms with Gasteiger partial charge in [0.15, 0.2) is 0 Å². The third-order valence-corrected chi connectivity index (χ3v) is 3.92. The lowest BCUT2D eigenvalue weighted by Crippen LogP contribution is -1.82. The molecule has 1 rings (SSSR count). The van der Waals surface area contributed by atoms with Gasteiger partial charge >= 0.3 is 0 Å². The van der Waals surface area contributed by atoms with Gasteiger partial charge in [-0.05, 0) is 18.6 Å². The van der Waals surface area contributed by atoms with Gasteiger partial charge in [-0.1, -0.05) is 6.92 Å². The maximum absolute atomic E-state index is 8.34. The van der Waals surface area contributed by atoms with E-state index in [1.807, 2.05) is 11.8 Å². The van der Waals surface area contributed by atoms with Crippen LogP contribution in [-0.2, 0) is 12.2 Å². The van der Waals surface area contributed by atoms with Crippen LogP contribution in [0.4, 0.5) is 0 Å².